The van der Waals surface area contributed by atoms with Gasteiger partial charge in [-0.1, -0.05) is 36.4 Å². The van der Waals surface area contributed by atoms with Gasteiger partial charge in [0.05, 0.1) is 11.2 Å². The molecule has 0 radical (unpaired) electrons. The van der Waals surface area contributed by atoms with Crippen molar-refractivity contribution in [1.29, 1.82) is 0 Å². The van der Waals surface area contributed by atoms with E-state index in [4.69, 9.17) is 13.7 Å². The minimum Gasteiger partial charge on any atom is -0.456 e. The molecule has 1 aromatic heterocycles. The minimum absolute atomic E-state index is 0.349. The largest absolute Gasteiger partial charge is 0.494 e. The third-order valence-electron chi connectivity index (χ3n) is 5.89. The summed E-state index contributed by atoms with van der Waals surface area (Å²) >= 11 is 0. The van der Waals surface area contributed by atoms with Crippen molar-refractivity contribution < 1.29 is 13.7 Å². The predicted molar refractivity (Wildman–Crippen MR) is 107 cm³/mol. The molecule has 0 atom stereocenters. The third-order valence-corrected chi connectivity index (χ3v) is 5.89. The Labute approximate surface area is 153 Å². The number of furan rings is 1. The van der Waals surface area contributed by atoms with Crippen LogP contribution in [0.1, 0.15) is 27.7 Å². The van der Waals surface area contributed by atoms with E-state index in [9.17, 15) is 0 Å². The van der Waals surface area contributed by atoms with Crippen LogP contribution in [0.5, 0.6) is 0 Å². The fraction of sp³-hybridized carbons (Fsp3) is 0.273. The summed E-state index contributed by atoms with van der Waals surface area (Å²) in [6.45, 7) is 8.27. The van der Waals surface area contributed by atoms with Crippen molar-refractivity contribution in [2.45, 2.75) is 38.9 Å². The molecule has 0 bridgehead atoms. The molecule has 1 fully saturated rings. The molecule has 4 aromatic rings. The van der Waals surface area contributed by atoms with Gasteiger partial charge in [0.2, 0.25) is 0 Å². The van der Waals surface area contributed by atoms with Crippen LogP contribution in [0.4, 0.5) is 0 Å². The van der Waals surface area contributed by atoms with Crippen LogP contribution in [0.25, 0.3) is 32.7 Å². The molecule has 0 amide bonds. The first-order valence-electron chi connectivity index (χ1n) is 9.05. The van der Waals surface area contributed by atoms with Gasteiger partial charge in [0, 0.05) is 10.8 Å². The van der Waals surface area contributed by atoms with Crippen molar-refractivity contribution in [3.8, 4) is 0 Å². The van der Waals surface area contributed by atoms with Gasteiger partial charge in [0.15, 0.2) is 0 Å². The highest BCUT2D eigenvalue weighted by molar-refractivity contribution is 6.62. The Kier molecular flexibility index (Phi) is 3.14. The molecule has 1 aliphatic heterocycles. The molecule has 1 aliphatic rings. The van der Waals surface area contributed by atoms with E-state index in [1.165, 1.54) is 10.8 Å². The summed E-state index contributed by atoms with van der Waals surface area (Å²) in [7, 11) is -0.378. The van der Waals surface area contributed by atoms with Crippen LogP contribution in [-0.4, -0.2) is 18.3 Å². The molecule has 0 unspecified atom stereocenters. The lowest BCUT2D eigenvalue weighted by molar-refractivity contribution is 0.00578. The zero-order valence-electron chi connectivity index (χ0n) is 15.5. The van der Waals surface area contributed by atoms with Gasteiger partial charge in [0.25, 0.3) is 0 Å². The van der Waals surface area contributed by atoms with Gasteiger partial charge in [0.1, 0.15) is 11.2 Å². The first kappa shape index (κ1) is 15.9. The quantitative estimate of drug-likeness (QED) is 0.454. The van der Waals surface area contributed by atoms with Gasteiger partial charge < -0.3 is 13.7 Å². The third kappa shape index (κ3) is 2.22. The highest BCUT2D eigenvalue weighted by Crippen LogP contribution is 2.37. The molecule has 2 heterocycles. The summed E-state index contributed by atoms with van der Waals surface area (Å²) < 4.78 is 18.5. The standard InChI is InChI=1S/C22H21BO3/c1-21(2)22(3,4)26-23(25-21)16-9-10-17-18-11-14-7-5-6-8-15(14)12-19(18)24-20(17)13-16/h5-13H,1-4H3. The summed E-state index contributed by atoms with van der Waals surface area (Å²) in [5.74, 6) is 0. The Balaban J connectivity index is 1.64. The first-order valence-corrected chi connectivity index (χ1v) is 9.05. The smallest absolute Gasteiger partial charge is 0.456 e. The van der Waals surface area contributed by atoms with Gasteiger partial charge in [-0.3, -0.25) is 0 Å². The second-order valence-corrected chi connectivity index (χ2v) is 8.14. The molecule has 0 spiro atoms. The van der Waals surface area contributed by atoms with E-state index in [2.05, 4.69) is 70.2 Å². The second kappa shape index (κ2) is 5.12. The molecule has 3 nitrogen and oxygen atoms in total. The maximum atomic E-state index is 6.17. The monoisotopic (exact) mass is 344 g/mol. The Hall–Kier alpha value is -2.30. The van der Waals surface area contributed by atoms with Crippen LogP contribution < -0.4 is 5.46 Å². The average molecular weight is 344 g/mol. The van der Waals surface area contributed by atoms with Crippen LogP contribution >= 0.6 is 0 Å². The van der Waals surface area contributed by atoms with Gasteiger partial charge in [-0.25, -0.2) is 0 Å². The van der Waals surface area contributed by atoms with Gasteiger partial charge in [-0.05, 0) is 62.1 Å². The molecule has 1 saturated heterocycles. The normalized spacial score (nSPS) is 19.0. The fourth-order valence-corrected chi connectivity index (χ4v) is 3.60. The zero-order valence-corrected chi connectivity index (χ0v) is 15.5. The first-order chi connectivity index (χ1) is 12.3. The summed E-state index contributed by atoms with van der Waals surface area (Å²) in [6, 6.07) is 18.9. The van der Waals surface area contributed by atoms with Crippen LogP contribution in [0.3, 0.4) is 0 Å². The van der Waals surface area contributed by atoms with Crippen molar-refractivity contribution in [2.24, 2.45) is 0 Å². The van der Waals surface area contributed by atoms with Crippen LogP contribution in [0.2, 0.25) is 0 Å². The van der Waals surface area contributed by atoms with E-state index in [0.29, 0.717) is 0 Å². The fourth-order valence-electron chi connectivity index (χ4n) is 3.60. The lowest BCUT2D eigenvalue weighted by atomic mass is 9.79. The van der Waals surface area contributed by atoms with Crippen molar-refractivity contribution in [3.05, 3.63) is 54.6 Å². The minimum atomic E-state index is -0.378. The van der Waals surface area contributed by atoms with Gasteiger partial charge >= 0.3 is 7.12 Å². The molecular weight excluding hydrogens is 323 g/mol. The number of fused-ring (bicyclic) bond motifs is 4. The molecule has 4 heteroatoms. The second-order valence-electron chi connectivity index (χ2n) is 8.14. The van der Waals surface area contributed by atoms with E-state index in [1.54, 1.807) is 0 Å². The van der Waals surface area contributed by atoms with E-state index in [-0.39, 0.29) is 18.3 Å². The number of benzene rings is 3. The maximum Gasteiger partial charge on any atom is 0.494 e. The maximum absolute atomic E-state index is 6.17. The number of rotatable bonds is 1. The molecular formula is C22H21BO3. The highest BCUT2D eigenvalue weighted by Gasteiger charge is 2.51. The van der Waals surface area contributed by atoms with Crippen LogP contribution in [0.15, 0.2) is 59.0 Å². The van der Waals surface area contributed by atoms with Crippen LogP contribution in [0, 0.1) is 0 Å². The van der Waals surface area contributed by atoms with Crippen LogP contribution in [-0.2, 0) is 9.31 Å². The molecule has 0 saturated carbocycles. The molecule has 130 valence electrons. The summed E-state index contributed by atoms with van der Waals surface area (Å²) in [4.78, 5) is 0. The van der Waals surface area contributed by atoms with Crippen molar-refractivity contribution in [3.63, 3.8) is 0 Å². The lowest BCUT2D eigenvalue weighted by Gasteiger charge is -2.32. The lowest BCUT2D eigenvalue weighted by Crippen LogP contribution is -2.41. The topological polar surface area (TPSA) is 31.6 Å². The Morgan fingerprint density at radius 3 is 2.00 bits per heavy atom. The molecule has 3 aromatic carbocycles. The molecule has 5 rings (SSSR count). The summed E-state index contributed by atoms with van der Waals surface area (Å²) in [5, 5.41) is 4.66. The highest BCUT2D eigenvalue weighted by atomic mass is 16.7. The summed E-state index contributed by atoms with van der Waals surface area (Å²) in [5.41, 5.74) is 2.06. The van der Waals surface area contributed by atoms with E-state index >= 15 is 0 Å². The zero-order chi connectivity index (χ0) is 18.1. The summed E-state index contributed by atoms with van der Waals surface area (Å²) in [6.07, 6.45) is 0. The van der Waals surface area contributed by atoms with Crippen molar-refractivity contribution in [1.82, 2.24) is 0 Å². The Bertz CT molecular complexity index is 1140. The molecule has 26 heavy (non-hydrogen) atoms. The Morgan fingerprint density at radius 1 is 0.692 bits per heavy atom. The molecule has 0 N–H and O–H groups in total. The molecule has 0 aliphatic carbocycles. The average Bonchev–Trinajstić information content (AvgIpc) is 3.05. The predicted octanol–water partition coefficient (Wildman–Crippen LogP) is 5.04. The van der Waals surface area contributed by atoms with E-state index in [0.717, 1.165) is 27.4 Å². The van der Waals surface area contributed by atoms with E-state index in [1.807, 2.05) is 12.1 Å². The number of hydrogen-bond acceptors (Lipinski definition) is 3. The van der Waals surface area contributed by atoms with Crippen molar-refractivity contribution >= 4 is 45.3 Å². The van der Waals surface area contributed by atoms with Gasteiger partial charge in [-0.2, -0.15) is 0 Å². The SMILES string of the molecule is CC1(C)OB(c2ccc3c(c2)oc2cc4ccccc4cc23)OC1(C)C. The van der Waals surface area contributed by atoms with E-state index < -0.39 is 0 Å². The number of hydrogen-bond donors (Lipinski definition) is 0. The van der Waals surface area contributed by atoms with Crippen molar-refractivity contribution in [2.75, 3.05) is 0 Å². The van der Waals surface area contributed by atoms with Gasteiger partial charge in [-0.15, -0.1) is 0 Å². The Morgan fingerprint density at radius 2 is 1.31 bits per heavy atom.